The number of rotatable bonds is 5. The van der Waals surface area contributed by atoms with Gasteiger partial charge in [0.1, 0.15) is 0 Å². The summed E-state index contributed by atoms with van der Waals surface area (Å²) in [6, 6.07) is 4.30. The second-order valence-corrected chi connectivity index (χ2v) is 4.63. The second kappa shape index (κ2) is 5.35. The van der Waals surface area contributed by atoms with Gasteiger partial charge >= 0.3 is 0 Å². The van der Waals surface area contributed by atoms with Gasteiger partial charge in [0.05, 0.1) is 6.04 Å². The smallest absolute Gasteiger partial charge is 0.237 e. The molecule has 1 amide bonds. The average Bonchev–Trinajstić information content (AvgIpc) is 3.14. The van der Waals surface area contributed by atoms with E-state index >= 15 is 0 Å². The number of amides is 1. The molecule has 0 aromatic heterocycles. The van der Waals surface area contributed by atoms with Gasteiger partial charge in [-0.2, -0.15) is 0 Å². The third-order valence-electron chi connectivity index (χ3n) is 2.99. The third kappa shape index (κ3) is 3.20. The molecule has 0 saturated heterocycles. The van der Waals surface area contributed by atoms with Crippen LogP contribution in [0.4, 0.5) is 4.39 Å². The lowest BCUT2D eigenvalue weighted by Gasteiger charge is -2.14. The Labute approximate surface area is 105 Å². The van der Waals surface area contributed by atoms with Crippen molar-refractivity contribution in [2.24, 2.45) is 0 Å². The second-order valence-electron chi connectivity index (χ2n) is 4.63. The summed E-state index contributed by atoms with van der Waals surface area (Å²) < 4.78 is 13.1. The topological polar surface area (TPSA) is 61.4 Å². The Kier molecular flexibility index (Phi) is 3.81. The molecule has 1 aromatic carbocycles. The van der Waals surface area contributed by atoms with Crippen LogP contribution in [0.2, 0.25) is 0 Å². The van der Waals surface area contributed by atoms with Crippen molar-refractivity contribution in [3.63, 3.8) is 0 Å². The molecule has 2 rings (SSSR count). The van der Waals surface area contributed by atoms with Crippen molar-refractivity contribution >= 4 is 5.91 Å². The first kappa shape index (κ1) is 12.8. The number of hydrogen-bond donors (Lipinski definition) is 3. The molecule has 0 radical (unpaired) electrons. The number of para-hydroxylation sites is 1. The van der Waals surface area contributed by atoms with E-state index in [4.69, 9.17) is 0 Å². The Morgan fingerprint density at radius 3 is 2.94 bits per heavy atom. The Morgan fingerprint density at radius 2 is 2.28 bits per heavy atom. The molecule has 5 heteroatoms. The quantitative estimate of drug-likeness (QED) is 0.740. The van der Waals surface area contributed by atoms with E-state index in [0.29, 0.717) is 11.6 Å². The van der Waals surface area contributed by atoms with Gasteiger partial charge in [0.2, 0.25) is 5.91 Å². The van der Waals surface area contributed by atoms with E-state index in [1.807, 2.05) is 0 Å². The highest BCUT2D eigenvalue weighted by atomic mass is 19.1. The van der Waals surface area contributed by atoms with E-state index in [1.54, 1.807) is 13.0 Å². The van der Waals surface area contributed by atoms with Crippen molar-refractivity contribution in [2.45, 2.75) is 38.4 Å². The van der Waals surface area contributed by atoms with Crippen molar-refractivity contribution in [1.29, 1.82) is 0 Å². The SMILES string of the molecule is CC(NCc1cccc(F)c1O)C(=O)NC1CC1. The van der Waals surface area contributed by atoms with Crippen LogP contribution < -0.4 is 10.6 Å². The van der Waals surface area contributed by atoms with Crippen LogP contribution in [0.25, 0.3) is 0 Å². The summed E-state index contributed by atoms with van der Waals surface area (Å²) in [6.07, 6.45) is 2.09. The molecule has 3 N–H and O–H groups in total. The fraction of sp³-hybridized carbons (Fsp3) is 0.462. The van der Waals surface area contributed by atoms with Gasteiger partial charge in [-0.25, -0.2) is 4.39 Å². The Balaban J connectivity index is 1.86. The fourth-order valence-electron chi connectivity index (χ4n) is 1.61. The van der Waals surface area contributed by atoms with Gasteiger partial charge in [-0.05, 0) is 25.8 Å². The number of phenolic OH excluding ortho intramolecular Hbond substituents is 1. The van der Waals surface area contributed by atoms with Crippen LogP contribution in [0.3, 0.4) is 0 Å². The molecule has 98 valence electrons. The molecule has 0 bridgehead atoms. The molecule has 0 aliphatic heterocycles. The van der Waals surface area contributed by atoms with Crippen LogP contribution in [-0.4, -0.2) is 23.1 Å². The minimum atomic E-state index is -0.649. The van der Waals surface area contributed by atoms with Crippen LogP contribution >= 0.6 is 0 Å². The monoisotopic (exact) mass is 252 g/mol. The predicted octanol–water partition coefficient (Wildman–Crippen LogP) is 1.29. The first-order valence-corrected chi connectivity index (χ1v) is 6.08. The van der Waals surface area contributed by atoms with Crippen LogP contribution in [0.1, 0.15) is 25.3 Å². The number of nitrogens with one attached hydrogen (secondary N) is 2. The number of hydrogen-bond acceptors (Lipinski definition) is 3. The summed E-state index contributed by atoms with van der Waals surface area (Å²) >= 11 is 0. The number of carbonyl (C=O) groups excluding carboxylic acids is 1. The maximum atomic E-state index is 13.1. The Morgan fingerprint density at radius 1 is 1.56 bits per heavy atom. The molecule has 1 saturated carbocycles. The number of aromatic hydroxyl groups is 1. The summed E-state index contributed by atoms with van der Waals surface area (Å²) in [5.41, 5.74) is 0.445. The maximum absolute atomic E-state index is 13.1. The zero-order valence-corrected chi connectivity index (χ0v) is 10.2. The van der Waals surface area contributed by atoms with Gasteiger partial charge in [0.25, 0.3) is 0 Å². The van der Waals surface area contributed by atoms with E-state index < -0.39 is 5.82 Å². The summed E-state index contributed by atoms with van der Waals surface area (Å²) in [5.74, 6) is -1.07. The predicted molar refractivity (Wildman–Crippen MR) is 65.5 cm³/mol. The summed E-state index contributed by atoms with van der Waals surface area (Å²) in [4.78, 5) is 11.7. The van der Waals surface area contributed by atoms with E-state index in [1.165, 1.54) is 12.1 Å². The summed E-state index contributed by atoms with van der Waals surface area (Å²) in [5, 5.41) is 15.3. The van der Waals surface area contributed by atoms with E-state index in [0.717, 1.165) is 12.8 Å². The standard InChI is InChI=1S/C13H17FN2O2/c1-8(13(18)16-10-5-6-10)15-7-9-3-2-4-11(14)12(9)17/h2-4,8,10,15,17H,5-7H2,1H3,(H,16,18). The molecule has 1 atom stereocenters. The molecule has 0 spiro atoms. The number of halogens is 1. The average molecular weight is 252 g/mol. The van der Waals surface area contributed by atoms with Crippen LogP contribution in [-0.2, 0) is 11.3 Å². The van der Waals surface area contributed by atoms with Gasteiger partial charge in [0, 0.05) is 18.2 Å². The highest BCUT2D eigenvalue weighted by molar-refractivity contribution is 5.81. The van der Waals surface area contributed by atoms with Crippen molar-refractivity contribution in [3.8, 4) is 5.75 Å². The minimum absolute atomic E-state index is 0.0617. The van der Waals surface area contributed by atoms with Gasteiger partial charge in [-0.15, -0.1) is 0 Å². The lowest BCUT2D eigenvalue weighted by Crippen LogP contribution is -2.42. The van der Waals surface area contributed by atoms with E-state index in [9.17, 15) is 14.3 Å². The minimum Gasteiger partial charge on any atom is -0.505 e. The van der Waals surface area contributed by atoms with Crippen molar-refractivity contribution in [3.05, 3.63) is 29.6 Å². The molecule has 1 fully saturated rings. The zero-order chi connectivity index (χ0) is 13.1. The molecule has 1 aliphatic rings. The van der Waals surface area contributed by atoms with Crippen LogP contribution in [0, 0.1) is 5.82 Å². The zero-order valence-electron chi connectivity index (χ0n) is 10.2. The highest BCUT2D eigenvalue weighted by Gasteiger charge is 2.25. The van der Waals surface area contributed by atoms with Gasteiger partial charge in [-0.3, -0.25) is 4.79 Å². The lowest BCUT2D eigenvalue weighted by atomic mass is 10.2. The van der Waals surface area contributed by atoms with E-state index in [2.05, 4.69) is 10.6 Å². The molecule has 1 aliphatic carbocycles. The largest absolute Gasteiger partial charge is 0.505 e. The molecule has 1 aromatic rings. The summed E-state index contributed by atoms with van der Waals surface area (Å²) in [7, 11) is 0. The van der Waals surface area contributed by atoms with Crippen LogP contribution in [0.5, 0.6) is 5.75 Å². The molecule has 1 unspecified atom stereocenters. The highest BCUT2D eigenvalue weighted by Crippen LogP contribution is 2.21. The molecule has 0 heterocycles. The number of carbonyl (C=O) groups is 1. The van der Waals surface area contributed by atoms with Crippen LogP contribution in [0.15, 0.2) is 18.2 Å². The number of phenols is 1. The Bertz CT molecular complexity index is 447. The first-order chi connectivity index (χ1) is 8.58. The van der Waals surface area contributed by atoms with Gasteiger partial charge in [-0.1, -0.05) is 12.1 Å². The van der Waals surface area contributed by atoms with Gasteiger partial charge in [0.15, 0.2) is 11.6 Å². The molecular weight excluding hydrogens is 235 g/mol. The van der Waals surface area contributed by atoms with Crippen molar-refractivity contribution in [1.82, 2.24) is 10.6 Å². The number of benzene rings is 1. The fourth-order valence-corrected chi connectivity index (χ4v) is 1.61. The van der Waals surface area contributed by atoms with Gasteiger partial charge < -0.3 is 15.7 Å². The molecule has 4 nitrogen and oxygen atoms in total. The molecular formula is C13H17FN2O2. The normalized spacial score (nSPS) is 16.3. The Hall–Kier alpha value is -1.62. The van der Waals surface area contributed by atoms with Crippen molar-refractivity contribution in [2.75, 3.05) is 0 Å². The molecule has 18 heavy (non-hydrogen) atoms. The van der Waals surface area contributed by atoms with Crippen molar-refractivity contribution < 1.29 is 14.3 Å². The lowest BCUT2D eigenvalue weighted by molar-refractivity contribution is -0.122. The summed E-state index contributed by atoms with van der Waals surface area (Å²) in [6.45, 7) is 2.00. The maximum Gasteiger partial charge on any atom is 0.237 e. The van der Waals surface area contributed by atoms with E-state index in [-0.39, 0.29) is 24.2 Å². The third-order valence-corrected chi connectivity index (χ3v) is 2.99. The first-order valence-electron chi connectivity index (χ1n) is 6.08.